The Morgan fingerprint density at radius 2 is 2.22 bits per heavy atom. The van der Waals surface area contributed by atoms with E-state index in [1.807, 2.05) is 6.07 Å². The van der Waals surface area contributed by atoms with Crippen LogP contribution in [0.3, 0.4) is 0 Å². The summed E-state index contributed by atoms with van der Waals surface area (Å²) in [5.41, 5.74) is 0.908. The van der Waals surface area contributed by atoms with Crippen molar-refractivity contribution >= 4 is 0 Å². The topological polar surface area (TPSA) is 41.9 Å². The molecule has 100 valence electrons. The maximum absolute atomic E-state index is 9.87. The number of likely N-dealkylation sites (tertiary alicyclic amines) is 1. The van der Waals surface area contributed by atoms with Gasteiger partial charge in [0.15, 0.2) is 0 Å². The monoisotopic (exact) mass is 251 g/mol. The molecule has 0 aromatic heterocycles. The molecule has 1 heterocycles. The fraction of sp³-hybridized carbons (Fsp3) is 0.571. The normalized spacial score (nSPS) is 20.9. The number of benzene rings is 1. The molecule has 1 unspecified atom stereocenters. The van der Waals surface area contributed by atoms with Crippen molar-refractivity contribution in [3.05, 3.63) is 23.8 Å². The van der Waals surface area contributed by atoms with E-state index in [1.165, 1.54) is 0 Å². The van der Waals surface area contributed by atoms with E-state index in [0.29, 0.717) is 11.9 Å². The van der Waals surface area contributed by atoms with E-state index in [2.05, 4.69) is 4.90 Å². The number of ether oxygens (including phenoxy) is 2. The van der Waals surface area contributed by atoms with Crippen LogP contribution in [0, 0.1) is 0 Å². The number of phenolic OH excluding ortho intramolecular Hbond substituents is 1. The van der Waals surface area contributed by atoms with Gasteiger partial charge in [-0.05, 0) is 37.6 Å². The first-order chi connectivity index (χ1) is 8.72. The van der Waals surface area contributed by atoms with E-state index in [0.717, 1.165) is 43.8 Å². The van der Waals surface area contributed by atoms with E-state index in [4.69, 9.17) is 9.47 Å². The van der Waals surface area contributed by atoms with Crippen molar-refractivity contribution < 1.29 is 14.6 Å². The van der Waals surface area contributed by atoms with Crippen molar-refractivity contribution in [2.75, 3.05) is 27.3 Å². The smallest absolute Gasteiger partial charge is 0.120 e. The summed E-state index contributed by atoms with van der Waals surface area (Å²) in [7, 11) is 3.40. The van der Waals surface area contributed by atoms with E-state index >= 15 is 0 Å². The van der Waals surface area contributed by atoms with Gasteiger partial charge in [0.1, 0.15) is 11.5 Å². The van der Waals surface area contributed by atoms with Gasteiger partial charge in [0, 0.05) is 25.8 Å². The van der Waals surface area contributed by atoms with Crippen LogP contribution in [-0.2, 0) is 11.3 Å². The highest BCUT2D eigenvalue weighted by Crippen LogP contribution is 2.25. The third kappa shape index (κ3) is 3.15. The Labute approximate surface area is 108 Å². The second kappa shape index (κ2) is 6.07. The van der Waals surface area contributed by atoms with Crippen LogP contribution in [-0.4, -0.2) is 43.4 Å². The SMILES string of the molecule is COc1ccc(O)c(CN2CCCC(OC)C2)c1. The lowest BCUT2D eigenvalue weighted by Crippen LogP contribution is -2.38. The number of rotatable bonds is 4. The zero-order valence-electron chi connectivity index (χ0n) is 11.1. The highest BCUT2D eigenvalue weighted by Gasteiger charge is 2.20. The Bertz CT molecular complexity index is 395. The van der Waals surface area contributed by atoms with Gasteiger partial charge in [0.2, 0.25) is 0 Å². The van der Waals surface area contributed by atoms with Gasteiger partial charge in [-0.1, -0.05) is 0 Å². The van der Waals surface area contributed by atoms with Gasteiger partial charge in [0.25, 0.3) is 0 Å². The highest BCUT2D eigenvalue weighted by molar-refractivity contribution is 5.39. The molecule has 1 aromatic rings. The molecular formula is C14H21NO3. The summed E-state index contributed by atoms with van der Waals surface area (Å²) in [6.45, 7) is 2.71. The van der Waals surface area contributed by atoms with Crippen LogP contribution in [0.15, 0.2) is 18.2 Å². The summed E-state index contributed by atoms with van der Waals surface area (Å²) >= 11 is 0. The van der Waals surface area contributed by atoms with E-state index < -0.39 is 0 Å². The minimum Gasteiger partial charge on any atom is -0.508 e. The molecule has 1 aliphatic rings. The molecule has 0 radical (unpaired) electrons. The standard InChI is InChI=1S/C14H21NO3/c1-17-12-5-6-14(16)11(8-12)9-15-7-3-4-13(10-15)18-2/h5-6,8,13,16H,3-4,7,9-10H2,1-2H3. The minimum atomic E-state index is 0.312. The average Bonchev–Trinajstić information content (AvgIpc) is 2.41. The Morgan fingerprint density at radius 3 is 2.94 bits per heavy atom. The van der Waals surface area contributed by atoms with Gasteiger partial charge in [-0.3, -0.25) is 4.90 Å². The molecule has 1 atom stereocenters. The fourth-order valence-corrected chi connectivity index (χ4v) is 2.41. The number of methoxy groups -OCH3 is 2. The predicted octanol–water partition coefficient (Wildman–Crippen LogP) is 2.01. The van der Waals surface area contributed by atoms with Crippen molar-refractivity contribution in [2.24, 2.45) is 0 Å². The summed E-state index contributed by atoms with van der Waals surface area (Å²) in [5.74, 6) is 1.11. The van der Waals surface area contributed by atoms with Crippen LogP contribution in [0.1, 0.15) is 18.4 Å². The number of aromatic hydroxyl groups is 1. The Hall–Kier alpha value is -1.26. The zero-order valence-corrected chi connectivity index (χ0v) is 11.1. The molecule has 0 spiro atoms. The molecule has 1 fully saturated rings. The van der Waals surface area contributed by atoms with Crippen molar-refractivity contribution in [2.45, 2.75) is 25.5 Å². The second-order valence-corrected chi connectivity index (χ2v) is 4.73. The summed E-state index contributed by atoms with van der Waals surface area (Å²) < 4.78 is 10.6. The van der Waals surface area contributed by atoms with Gasteiger partial charge in [-0.2, -0.15) is 0 Å². The first-order valence-electron chi connectivity index (χ1n) is 6.34. The Kier molecular flexibility index (Phi) is 4.44. The van der Waals surface area contributed by atoms with E-state index in [9.17, 15) is 5.11 Å². The van der Waals surface area contributed by atoms with E-state index in [1.54, 1.807) is 26.4 Å². The summed E-state index contributed by atoms with van der Waals surface area (Å²) in [5, 5.41) is 9.87. The highest BCUT2D eigenvalue weighted by atomic mass is 16.5. The molecule has 1 saturated heterocycles. The van der Waals surface area contributed by atoms with Crippen LogP contribution in [0.5, 0.6) is 11.5 Å². The number of phenols is 1. The summed E-state index contributed by atoms with van der Waals surface area (Å²) in [6.07, 6.45) is 2.58. The van der Waals surface area contributed by atoms with Crippen molar-refractivity contribution in [1.29, 1.82) is 0 Å². The number of piperidine rings is 1. The molecule has 18 heavy (non-hydrogen) atoms. The van der Waals surface area contributed by atoms with Crippen LogP contribution in [0.25, 0.3) is 0 Å². The van der Waals surface area contributed by atoms with Gasteiger partial charge < -0.3 is 14.6 Å². The number of nitrogens with zero attached hydrogens (tertiary/aromatic N) is 1. The molecule has 4 heteroatoms. The predicted molar refractivity (Wildman–Crippen MR) is 70.0 cm³/mol. The van der Waals surface area contributed by atoms with Crippen LogP contribution in [0.2, 0.25) is 0 Å². The molecule has 0 amide bonds. The molecule has 0 aliphatic carbocycles. The van der Waals surface area contributed by atoms with Crippen molar-refractivity contribution in [3.8, 4) is 11.5 Å². The second-order valence-electron chi connectivity index (χ2n) is 4.73. The van der Waals surface area contributed by atoms with E-state index in [-0.39, 0.29) is 0 Å². The van der Waals surface area contributed by atoms with Gasteiger partial charge >= 0.3 is 0 Å². The third-order valence-electron chi connectivity index (χ3n) is 3.48. The largest absolute Gasteiger partial charge is 0.508 e. The Morgan fingerprint density at radius 1 is 1.39 bits per heavy atom. The van der Waals surface area contributed by atoms with Crippen molar-refractivity contribution in [3.63, 3.8) is 0 Å². The van der Waals surface area contributed by atoms with Crippen LogP contribution in [0.4, 0.5) is 0 Å². The quantitative estimate of drug-likeness (QED) is 0.889. The maximum Gasteiger partial charge on any atom is 0.120 e. The van der Waals surface area contributed by atoms with Gasteiger partial charge in [-0.15, -0.1) is 0 Å². The fourth-order valence-electron chi connectivity index (χ4n) is 2.41. The molecule has 4 nitrogen and oxygen atoms in total. The third-order valence-corrected chi connectivity index (χ3v) is 3.48. The maximum atomic E-state index is 9.87. The molecule has 0 bridgehead atoms. The number of hydrogen-bond donors (Lipinski definition) is 1. The lowest BCUT2D eigenvalue weighted by Gasteiger charge is -2.32. The van der Waals surface area contributed by atoms with Crippen LogP contribution < -0.4 is 4.74 Å². The lowest BCUT2D eigenvalue weighted by atomic mass is 10.1. The van der Waals surface area contributed by atoms with Gasteiger partial charge in [0.05, 0.1) is 13.2 Å². The molecule has 2 rings (SSSR count). The Balaban J connectivity index is 2.04. The number of hydrogen-bond acceptors (Lipinski definition) is 4. The lowest BCUT2D eigenvalue weighted by molar-refractivity contribution is 0.0283. The molecule has 1 aromatic carbocycles. The summed E-state index contributed by atoms with van der Waals surface area (Å²) in [6, 6.07) is 5.35. The zero-order chi connectivity index (χ0) is 13.0. The molecular weight excluding hydrogens is 230 g/mol. The average molecular weight is 251 g/mol. The summed E-state index contributed by atoms with van der Waals surface area (Å²) in [4.78, 5) is 2.31. The van der Waals surface area contributed by atoms with Gasteiger partial charge in [-0.25, -0.2) is 0 Å². The molecule has 1 aliphatic heterocycles. The molecule has 1 N–H and O–H groups in total. The first-order valence-corrected chi connectivity index (χ1v) is 6.34. The molecule has 0 saturated carbocycles. The van der Waals surface area contributed by atoms with Crippen molar-refractivity contribution in [1.82, 2.24) is 4.90 Å². The first kappa shape index (κ1) is 13.2. The van der Waals surface area contributed by atoms with Crippen LogP contribution >= 0.6 is 0 Å². The minimum absolute atomic E-state index is 0.312.